The normalized spacial score (nSPS) is 11.0. The van der Waals surface area contributed by atoms with Gasteiger partial charge in [-0.2, -0.15) is 10.2 Å². The Hall–Kier alpha value is -2.50. The predicted octanol–water partition coefficient (Wildman–Crippen LogP) is 1.93. The van der Waals surface area contributed by atoms with Crippen molar-refractivity contribution in [3.8, 4) is 0 Å². The first kappa shape index (κ1) is 10.6. The van der Waals surface area contributed by atoms with Gasteiger partial charge in [-0.05, 0) is 19.1 Å². The Kier molecular flexibility index (Phi) is 2.22. The molecule has 92 valence electrons. The van der Waals surface area contributed by atoms with E-state index >= 15 is 0 Å². The van der Waals surface area contributed by atoms with Gasteiger partial charge in [0.1, 0.15) is 0 Å². The first-order valence-electron chi connectivity index (χ1n) is 5.64. The molecular formula is C12H14N6. The fourth-order valence-corrected chi connectivity index (χ4v) is 1.88. The number of nitrogens with two attached hydrogens (primary N) is 1. The smallest absolute Gasteiger partial charge is 0.152 e. The van der Waals surface area contributed by atoms with Gasteiger partial charge in [-0.3, -0.25) is 9.78 Å². The van der Waals surface area contributed by atoms with Crippen molar-refractivity contribution in [3.05, 3.63) is 30.1 Å². The number of fused-ring (bicyclic) bond motifs is 1. The van der Waals surface area contributed by atoms with Gasteiger partial charge in [0.05, 0.1) is 23.1 Å². The standard InChI is InChI=1S/C12H14N6/c1-7-3-12(17-18(7)2)15-11-5-10-8(4-9(11)13)6-14-16-10/h3-6H,13H2,1-2H3,(H,14,16)(H,15,17). The van der Waals surface area contributed by atoms with Crippen LogP contribution in [0.2, 0.25) is 0 Å². The van der Waals surface area contributed by atoms with Gasteiger partial charge in [0.15, 0.2) is 5.82 Å². The zero-order chi connectivity index (χ0) is 12.7. The number of aromatic amines is 1. The Morgan fingerprint density at radius 1 is 1.33 bits per heavy atom. The molecule has 0 aliphatic carbocycles. The molecule has 0 atom stereocenters. The highest BCUT2D eigenvalue weighted by Crippen LogP contribution is 2.27. The Bertz CT molecular complexity index is 689. The lowest BCUT2D eigenvalue weighted by Crippen LogP contribution is -1.98. The maximum Gasteiger partial charge on any atom is 0.152 e. The van der Waals surface area contributed by atoms with Crippen LogP contribution in [0.5, 0.6) is 0 Å². The molecule has 0 unspecified atom stereocenters. The molecule has 0 radical (unpaired) electrons. The van der Waals surface area contributed by atoms with Crippen molar-refractivity contribution in [2.24, 2.45) is 7.05 Å². The van der Waals surface area contributed by atoms with Gasteiger partial charge in [0, 0.05) is 24.2 Å². The van der Waals surface area contributed by atoms with Gasteiger partial charge in [-0.1, -0.05) is 0 Å². The molecule has 3 aromatic rings. The van der Waals surface area contributed by atoms with E-state index in [0.29, 0.717) is 5.69 Å². The lowest BCUT2D eigenvalue weighted by molar-refractivity contribution is 0.743. The van der Waals surface area contributed by atoms with Crippen LogP contribution in [0.25, 0.3) is 10.9 Å². The third-order valence-corrected chi connectivity index (χ3v) is 2.99. The van der Waals surface area contributed by atoms with E-state index in [9.17, 15) is 0 Å². The summed E-state index contributed by atoms with van der Waals surface area (Å²) in [4.78, 5) is 0. The number of aromatic nitrogens is 4. The molecule has 6 nitrogen and oxygen atoms in total. The number of rotatable bonds is 2. The van der Waals surface area contributed by atoms with Crippen molar-refractivity contribution < 1.29 is 0 Å². The molecule has 2 heterocycles. The van der Waals surface area contributed by atoms with Crippen LogP contribution in [0.4, 0.5) is 17.2 Å². The number of anilines is 3. The van der Waals surface area contributed by atoms with Crippen molar-refractivity contribution in [3.63, 3.8) is 0 Å². The minimum absolute atomic E-state index is 0.673. The number of H-pyrrole nitrogens is 1. The van der Waals surface area contributed by atoms with Gasteiger partial charge in [-0.25, -0.2) is 0 Å². The van der Waals surface area contributed by atoms with Crippen LogP contribution in [0.3, 0.4) is 0 Å². The number of benzene rings is 1. The minimum Gasteiger partial charge on any atom is -0.397 e. The number of nitrogens with zero attached hydrogens (tertiary/aromatic N) is 3. The maximum atomic E-state index is 6.00. The molecule has 3 rings (SSSR count). The minimum atomic E-state index is 0.673. The highest BCUT2D eigenvalue weighted by molar-refractivity contribution is 5.89. The van der Waals surface area contributed by atoms with Crippen LogP contribution in [0.15, 0.2) is 24.4 Å². The number of hydrogen-bond acceptors (Lipinski definition) is 4. The van der Waals surface area contributed by atoms with Crippen LogP contribution in [0.1, 0.15) is 5.69 Å². The van der Waals surface area contributed by atoms with E-state index in [4.69, 9.17) is 5.73 Å². The second-order valence-electron chi connectivity index (χ2n) is 4.32. The fourth-order valence-electron chi connectivity index (χ4n) is 1.88. The monoisotopic (exact) mass is 242 g/mol. The van der Waals surface area contributed by atoms with Crippen LogP contribution in [-0.4, -0.2) is 20.0 Å². The topological polar surface area (TPSA) is 84.6 Å². The van der Waals surface area contributed by atoms with Gasteiger partial charge < -0.3 is 11.1 Å². The second-order valence-corrected chi connectivity index (χ2v) is 4.32. The number of hydrogen-bond donors (Lipinski definition) is 3. The van der Waals surface area contributed by atoms with Crippen molar-refractivity contribution in [1.29, 1.82) is 0 Å². The van der Waals surface area contributed by atoms with E-state index in [-0.39, 0.29) is 0 Å². The Balaban J connectivity index is 2.00. The van der Waals surface area contributed by atoms with Crippen LogP contribution in [-0.2, 0) is 7.05 Å². The largest absolute Gasteiger partial charge is 0.397 e. The van der Waals surface area contributed by atoms with E-state index in [1.165, 1.54) is 0 Å². The van der Waals surface area contributed by atoms with Crippen LogP contribution in [0, 0.1) is 6.92 Å². The number of nitrogens with one attached hydrogen (secondary N) is 2. The van der Waals surface area contributed by atoms with Gasteiger partial charge in [-0.15, -0.1) is 0 Å². The average molecular weight is 242 g/mol. The predicted molar refractivity (Wildman–Crippen MR) is 71.7 cm³/mol. The molecule has 6 heteroatoms. The molecule has 4 N–H and O–H groups in total. The Morgan fingerprint density at radius 3 is 2.89 bits per heavy atom. The van der Waals surface area contributed by atoms with Crippen molar-refractivity contribution in [2.75, 3.05) is 11.1 Å². The molecular weight excluding hydrogens is 228 g/mol. The summed E-state index contributed by atoms with van der Waals surface area (Å²) in [7, 11) is 1.90. The molecule has 0 fully saturated rings. The molecule has 18 heavy (non-hydrogen) atoms. The molecule has 0 saturated heterocycles. The molecule has 2 aromatic heterocycles. The molecule has 0 aliphatic heterocycles. The van der Waals surface area contributed by atoms with E-state index in [0.717, 1.165) is 28.1 Å². The maximum absolute atomic E-state index is 6.00. The molecule has 1 aromatic carbocycles. The Morgan fingerprint density at radius 2 is 2.17 bits per heavy atom. The summed E-state index contributed by atoms with van der Waals surface area (Å²) >= 11 is 0. The number of aryl methyl sites for hydroxylation is 2. The van der Waals surface area contributed by atoms with Gasteiger partial charge in [0.2, 0.25) is 0 Å². The molecule has 0 saturated carbocycles. The first-order chi connectivity index (χ1) is 8.63. The lowest BCUT2D eigenvalue weighted by atomic mass is 10.2. The third-order valence-electron chi connectivity index (χ3n) is 2.99. The van der Waals surface area contributed by atoms with E-state index < -0.39 is 0 Å². The van der Waals surface area contributed by atoms with E-state index in [1.807, 2.05) is 36.9 Å². The molecule has 0 bridgehead atoms. The summed E-state index contributed by atoms with van der Waals surface area (Å²) in [5.41, 5.74) is 9.52. The van der Waals surface area contributed by atoms with Gasteiger partial charge in [0.25, 0.3) is 0 Å². The Labute approximate surface area is 104 Å². The van der Waals surface area contributed by atoms with E-state index in [1.54, 1.807) is 6.20 Å². The van der Waals surface area contributed by atoms with E-state index in [2.05, 4.69) is 20.6 Å². The molecule has 0 spiro atoms. The average Bonchev–Trinajstić information content (AvgIpc) is 2.87. The summed E-state index contributed by atoms with van der Waals surface area (Å²) in [5.74, 6) is 0.778. The summed E-state index contributed by atoms with van der Waals surface area (Å²) in [6.45, 7) is 2.00. The second kappa shape index (κ2) is 3.76. The molecule has 0 amide bonds. The quantitative estimate of drug-likeness (QED) is 0.599. The van der Waals surface area contributed by atoms with Crippen molar-refractivity contribution >= 4 is 28.1 Å². The van der Waals surface area contributed by atoms with Crippen molar-refractivity contribution in [1.82, 2.24) is 20.0 Å². The first-order valence-corrected chi connectivity index (χ1v) is 5.64. The zero-order valence-electron chi connectivity index (χ0n) is 10.2. The summed E-state index contributed by atoms with van der Waals surface area (Å²) in [6, 6.07) is 5.79. The summed E-state index contributed by atoms with van der Waals surface area (Å²) < 4.78 is 1.81. The van der Waals surface area contributed by atoms with Crippen LogP contribution < -0.4 is 11.1 Å². The zero-order valence-corrected chi connectivity index (χ0v) is 10.2. The lowest BCUT2D eigenvalue weighted by Gasteiger charge is -2.06. The highest BCUT2D eigenvalue weighted by Gasteiger charge is 2.06. The van der Waals surface area contributed by atoms with Gasteiger partial charge >= 0.3 is 0 Å². The highest BCUT2D eigenvalue weighted by atomic mass is 15.3. The van der Waals surface area contributed by atoms with Crippen LogP contribution >= 0.6 is 0 Å². The fraction of sp³-hybridized carbons (Fsp3) is 0.167. The third kappa shape index (κ3) is 1.67. The summed E-state index contributed by atoms with van der Waals surface area (Å²) in [6.07, 6.45) is 1.75. The number of nitrogen functional groups attached to an aromatic ring is 1. The SMILES string of the molecule is Cc1cc(Nc2cc3[nH]ncc3cc2N)nn1C. The van der Waals surface area contributed by atoms with Crippen molar-refractivity contribution in [2.45, 2.75) is 6.92 Å². The summed E-state index contributed by atoms with van der Waals surface area (Å²) in [5, 5.41) is 15.4. The molecule has 0 aliphatic rings.